The number of aliphatic hydroxyl groups is 5. The number of rotatable bonds is 20. The van der Waals surface area contributed by atoms with Gasteiger partial charge in [-0.15, -0.1) is 0 Å². The number of hydrogen-bond acceptors (Lipinski definition) is 23. The Balaban J connectivity index is 1.36. The quantitative estimate of drug-likeness (QED) is 0.0436. The van der Waals surface area contributed by atoms with Crippen LogP contribution >= 0.6 is 0 Å². The molecule has 0 aromatic heterocycles. The van der Waals surface area contributed by atoms with E-state index < -0.39 is 92.5 Å². The first-order valence-corrected chi connectivity index (χ1v) is 20.2. The number of esters is 3. The summed E-state index contributed by atoms with van der Waals surface area (Å²) in [7, 11) is 7.82. The molecule has 0 spiro atoms. The molecule has 8 N–H and O–H groups in total. The molecule has 2 heterocycles. The van der Waals surface area contributed by atoms with E-state index in [0.29, 0.717) is 11.1 Å². The van der Waals surface area contributed by atoms with E-state index in [4.69, 9.17) is 56.8 Å². The van der Waals surface area contributed by atoms with Crippen LogP contribution in [0.4, 0.5) is 0 Å². The molecule has 0 saturated carbocycles. The lowest BCUT2D eigenvalue weighted by Crippen LogP contribution is -2.63. The standard InChI is InChI=1S/C45H52O23/c1-57-25-13-22(14-26(58-2)36(25)50)7-10-33(47)63-19-31-39(53)41(55)42(56)44(65-31)68-45(21-46)43(66-35(49)12-9-24-17-29(61-5)38(52)30(18-24)62-6)40(54)32(67-45)20-64-34(48)11-8-23-15-27(59-3)37(51)28(16-23)60-4/h7-18,31-32,39-44,46,50-56H,19-21H2,1-6H3. The SMILES string of the molecule is COc1cc(C=CC(=O)OCC2OC(OC3(CO)OC(COC(=O)C=Cc4cc(OC)c(O)c(OC)c4)C(O)C3OC(=O)C=Cc3cc(OC)c(O)c(OC)c3)C(O)C(O)C2O)cc(OC)c1O. The van der Waals surface area contributed by atoms with Gasteiger partial charge in [0, 0.05) is 18.2 Å². The summed E-state index contributed by atoms with van der Waals surface area (Å²) < 4.78 is 64.4. The predicted octanol–water partition coefficient (Wildman–Crippen LogP) is 0.566. The number of carbonyl (C=O) groups excluding carboxylic acids is 3. The summed E-state index contributed by atoms with van der Waals surface area (Å²) in [6.07, 6.45) is -8.65. The molecule has 0 amide bonds. The Morgan fingerprint density at radius 1 is 0.544 bits per heavy atom. The van der Waals surface area contributed by atoms with Crippen molar-refractivity contribution in [2.24, 2.45) is 0 Å². The maximum atomic E-state index is 13.4. The van der Waals surface area contributed by atoms with Gasteiger partial charge in [0.1, 0.15) is 56.4 Å². The minimum atomic E-state index is -2.66. The van der Waals surface area contributed by atoms with Gasteiger partial charge in [-0.25, -0.2) is 14.4 Å². The molecule has 3 aromatic carbocycles. The Bertz CT molecular complexity index is 2270. The topological polar surface area (TPSA) is 324 Å². The summed E-state index contributed by atoms with van der Waals surface area (Å²) in [5, 5.41) is 85.8. The molecule has 0 bridgehead atoms. The first kappa shape index (κ1) is 52.1. The number of phenolic OH excluding ortho intramolecular Hbond substituents is 3. The second-order valence-corrected chi connectivity index (χ2v) is 14.7. The maximum Gasteiger partial charge on any atom is 0.331 e. The maximum absolute atomic E-state index is 13.4. The van der Waals surface area contributed by atoms with E-state index in [1.54, 1.807) is 0 Å². The van der Waals surface area contributed by atoms with E-state index in [-0.39, 0.29) is 57.3 Å². The van der Waals surface area contributed by atoms with Gasteiger partial charge in [-0.1, -0.05) is 0 Å². The van der Waals surface area contributed by atoms with Gasteiger partial charge in [0.25, 0.3) is 0 Å². The summed E-state index contributed by atoms with van der Waals surface area (Å²) >= 11 is 0. The number of hydrogen-bond donors (Lipinski definition) is 8. The zero-order valence-corrected chi connectivity index (χ0v) is 37.4. The summed E-state index contributed by atoms with van der Waals surface area (Å²) in [6.45, 7) is -2.77. The van der Waals surface area contributed by atoms with Gasteiger partial charge in [0.05, 0.1) is 42.7 Å². The van der Waals surface area contributed by atoms with E-state index in [2.05, 4.69) is 0 Å². The van der Waals surface area contributed by atoms with Crippen LogP contribution in [0.25, 0.3) is 18.2 Å². The van der Waals surface area contributed by atoms with Gasteiger partial charge < -0.3 is 97.7 Å². The minimum absolute atomic E-state index is 0.00140. The molecule has 23 nitrogen and oxygen atoms in total. The number of aliphatic hydroxyl groups excluding tert-OH is 5. The minimum Gasteiger partial charge on any atom is -0.502 e. The molecule has 9 unspecified atom stereocenters. The fraction of sp³-hybridized carbons (Fsp3) is 0.400. The molecule has 23 heteroatoms. The fourth-order valence-corrected chi connectivity index (χ4v) is 6.86. The largest absolute Gasteiger partial charge is 0.502 e. The second-order valence-electron chi connectivity index (χ2n) is 14.7. The summed E-state index contributed by atoms with van der Waals surface area (Å²) in [6, 6.07) is 8.33. The molecule has 2 aliphatic heterocycles. The van der Waals surface area contributed by atoms with Crippen LogP contribution in [-0.4, -0.2) is 176 Å². The number of methoxy groups -OCH3 is 6. The molecule has 68 heavy (non-hydrogen) atoms. The Morgan fingerprint density at radius 3 is 1.28 bits per heavy atom. The molecule has 370 valence electrons. The first-order chi connectivity index (χ1) is 32.5. The Morgan fingerprint density at radius 2 is 0.912 bits per heavy atom. The predicted molar refractivity (Wildman–Crippen MR) is 231 cm³/mol. The lowest BCUT2D eigenvalue weighted by molar-refractivity contribution is -0.383. The van der Waals surface area contributed by atoms with Crippen LogP contribution in [0.1, 0.15) is 16.7 Å². The molecule has 0 radical (unpaired) electrons. The lowest BCUT2D eigenvalue weighted by atomic mass is 9.98. The fourth-order valence-electron chi connectivity index (χ4n) is 6.86. The van der Waals surface area contributed by atoms with Crippen molar-refractivity contribution in [3.8, 4) is 51.7 Å². The lowest BCUT2D eigenvalue weighted by Gasteiger charge is -2.43. The van der Waals surface area contributed by atoms with Crippen molar-refractivity contribution in [2.45, 2.75) is 54.8 Å². The van der Waals surface area contributed by atoms with Crippen LogP contribution in [0.15, 0.2) is 54.6 Å². The van der Waals surface area contributed by atoms with E-state index in [0.717, 1.165) is 18.2 Å². The van der Waals surface area contributed by atoms with Crippen molar-refractivity contribution in [3.63, 3.8) is 0 Å². The van der Waals surface area contributed by atoms with Crippen LogP contribution in [0.5, 0.6) is 51.7 Å². The van der Waals surface area contributed by atoms with E-state index >= 15 is 0 Å². The van der Waals surface area contributed by atoms with Gasteiger partial charge in [0.2, 0.25) is 23.0 Å². The Kier molecular flexibility index (Phi) is 17.8. The number of carbonyl (C=O) groups is 3. The third-order valence-electron chi connectivity index (χ3n) is 10.4. The van der Waals surface area contributed by atoms with Gasteiger partial charge in [0.15, 0.2) is 46.9 Å². The number of ether oxygens (including phenoxy) is 12. The van der Waals surface area contributed by atoms with Gasteiger partial charge >= 0.3 is 17.9 Å². The molecule has 5 rings (SSSR count). The van der Waals surface area contributed by atoms with Crippen LogP contribution in [0.2, 0.25) is 0 Å². The van der Waals surface area contributed by atoms with Crippen LogP contribution in [0, 0.1) is 0 Å². The highest BCUT2D eigenvalue weighted by atomic mass is 16.8. The number of phenols is 3. The average Bonchev–Trinajstić information content (AvgIpc) is 3.60. The zero-order valence-electron chi connectivity index (χ0n) is 37.4. The van der Waals surface area contributed by atoms with E-state index in [1.807, 2.05) is 0 Å². The first-order valence-electron chi connectivity index (χ1n) is 20.2. The van der Waals surface area contributed by atoms with Crippen molar-refractivity contribution in [3.05, 3.63) is 71.3 Å². The molecule has 2 saturated heterocycles. The summed E-state index contributed by atoms with van der Waals surface area (Å²) in [5.74, 6) is -6.48. The second kappa shape index (κ2) is 23.3. The summed E-state index contributed by atoms with van der Waals surface area (Å²) in [5.41, 5.74) is 0.981. The molecular weight excluding hydrogens is 908 g/mol. The van der Waals surface area contributed by atoms with Crippen molar-refractivity contribution < 1.29 is 112 Å². The van der Waals surface area contributed by atoms with Gasteiger partial charge in [-0.05, 0) is 71.3 Å². The van der Waals surface area contributed by atoms with Gasteiger partial charge in [-0.2, -0.15) is 0 Å². The van der Waals surface area contributed by atoms with Crippen LogP contribution < -0.4 is 28.4 Å². The van der Waals surface area contributed by atoms with Crippen molar-refractivity contribution in [1.82, 2.24) is 0 Å². The highest BCUT2D eigenvalue weighted by molar-refractivity contribution is 5.89. The average molecular weight is 961 g/mol. The molecule has 2 fully saturated rings. The van der Waals surface area contributed by atoms with E-state index in [1.165, 1.54) is 97.3 Å². The smallest absolute Gasteiger partial charge is 0.331 e. The number of aromatic hydroxyl groups is 3. The third-order valence-corrected chi connectivity index (χ3v) is 10.4. The zero-order chi connectivity index (χ0) is 49.9. The molecule has 2 aliphatic rings. The van der Waals surface area contributed by atoms with Gasteiger partial charge in [-0.3, -0.25) is 0 Å². The van der Waals surface area contributed by atoms with Crippen molar-refractivity contribution >= 4 is 36.1 Å². The van der Waals surface area contributed by atoms with Crippen LogP contribution in [-0.2, 0) is 42.8 Å². The Labute approximate surface area is 388 Å². The highest BCUT2D eigenvalue weighted by Crippen LogP contribution is 2.41. The molecular formula is C45H52O23. The third kappa shape index (κ3) is 12.0. The monoisotopic (exact) mass is 960 g/mol. The highest BCUT2D eigenvalue weighted by Gasteiger charge is 2.61. The molecule has 3 aromatic rings. The normalized spacial score (nSPS) is 24.8. The summed E-state index contributed by atoms with van der Waals surface area (Å²) in [4.78, 5) is 39.0. The molecule has 9 atom stereocenters. The number of benzene rings is 3. The van der Waals surface area contributed by atoms with Crippen LogP contribution in [0.3, 0.4) is 0 Å². The van der Waals surface area contributed by atoms with E-state index in [9.17, 15) is 55.2 Å². The van der Waals surface area contributed by atoms with Crippen molar-refractivity contribution in [1.29, 1.82) is 0 Å². The molecule has 0 aliphatic carbocycles. The van der Waals surface area contributed by atoms with Crippen molar-refractivity contribution in [2.75, 3.05) is 62.5 Å². The Hall–Kier alpha value is -6.83.